The quantitative estimate of drug-likeness (QED) is 0.685. The lowest BCUT2D eigenvalue weighted by molar-refractivity contribution is 1.38. The van der Waals surface area contributed by atoms with Crippen LogP contribution in [0, 0.1) is 0 Å². The molecule has 1 aliphatic heterocycles. The second-order valence-electron chi connectivity index (χ2n) is 3.11. The Morgan fingerprint density at radius 2 is 2.23 bits per heavy atom. The molecule has 0 radical (unpaired) electrons. The van der Waals surface area contributed by atoms with Gasteiger partial charge >= 0.3 is 0 Å². The number of rotatable bonds is 1. The van der Waals surface area contributed by atoms with E-state index in [1.54, 1.807) is 0 Å². The Bertz CT molecular complexity index is 336. The number of hydrogen-bond donors (Lipinski definition) is 0. The lowest BCUT2D eigenvalue weighted by Gasteiger charge is -2.43. The summed E-state index contributed by atoms with van der Waals surface area (Å²) in [6.45, 7) is 0. The van der Waals surface area contributed by atoms with Crippen LogP contribution in [0.5, 0.6) is 0 Å². The third kappa shape index (κ3) is 1.89. The monoisotopic (exact) mass is 296 g/mol. The fourth-order valence-electron chi connectivity index (χ4n) is 1.26. The summed E-state index contributed by atoms with van der Waals surface area (Å²) in [5.74, 6) is 2.66. The Balaban J connectivity index is 2.36. The molecule has 4 heteroatoms. The molecule has 0 N–H and O–H groups in total. The molecule has 0 aromatic heterocycles. The first kappa shape index (κ1) is 10.2. The summed E-state index contributed by atoms with van der Waals surface area (Å²) >= 11 is 9.41. The van der Waals surface area contributed by atoms with E-state index in [1.807, 2.05) is 6.07 Å². The van der Waals surface area contributed by atoms with Crippen LogP contribution < -0.4 is 0 Å². The second kappa shape index (κ2) is 3.69. The topological polar surface area (TPSA) is 0 Å². The van der Waals surface area contributed by atoms with Crippen molar-refractivity contribution in [2.24, 2.45) is 0 Å². The summed E-state index contributed by atoms with van der Waals surface area (Å²) in [7, 11) is 1.57. The largest absolute Gasteiger partial charge is 0.168 e. The van der Waals surface area contributed by atoms with Crippen LogP contribution >= 0.6 is 47.4 Å². The summed E-state index contributed by atoms with van der Waals surface area (Å²) in [6, 6.07) is 6.32. The summed E-state index contributed by atoms with van der Waals surface area (Å²) in [5, 5.41) is 0.802. The Hall–Kier alpha value is 0.690. The van der Waals surface area contributed by atoms with Crippen LogP contribution in [0.3, 0.4) is 0 Å². The molecule has 1 aliphatic rings. The zero-order valence-electron chi connectivity index (χ0n) is 7.22. The van der Waals surface area contributed by atoms with E-state index < -0.39 is 9.06 Å². The zero-order valence-corrected chi connectivity index (χ0v) is 11.2. The van der Waals surface area contributed by atoms with Crippen molar-refractivity contribution in [2.75, 3.05) is 17.8 Å². The van der Waals surface area contributed by atoms with Crippen molar-refractivity contribution in [3.63, 3.8) is 0 Å². The van der Waals surface area contributed by atoms with E-state index in [0.29, 0.717) is 0 Å². The fraction of sp³-hybridized carbons (Fsp3) is 0.333. The molecule has 72 valence electrons. The summed E-state index contributed by atoms with van der Waals surface area (Å²) in [4.78, 5) is 1.46. The summed E-state index contributed by atoms with van der Waals surface area (Å²) in [6.07, 6.45) is 2.37. The fourth-order valence-corrected chi connectivity index (χ4v) is 6.39. The molecule has 0 aliphatic carbocycles. The van der Waals surface area contributed by atoms with Gasteiger partial charge in [-0.15, -0.1) is 10.8 Å². The molecule has 1 aromatic rings. The second-order valence-corrected chi connectivity index (χ2v) is 10.8. The Kier molecular flexibility index (Phi) is 2.90. The highest BCUT2D eigenvalue weighted by molar-refractivity contribution is 9.10. The van der Waals surface area contributed by atoms with Crippen LogP contribution in [0.2, 0.25) is 5.02 Å². The first-order valence-electron chi connectivity index (χ1n) is 3.97. The molecule has 0 spiro atoms. The molecule has 13 heavy (non-hydrogen) atoms. The maximum atomic E-state index is 5.95. The van der Waals surface area contributed by atoms with E-state index in [2.05, 4.69) is 45.1 Å². The Morgan fingerprint density at radius 3 is 2.69 bits per heavy atom. The van der Waals surface area contributed by atoms with Crippen LogP contribution in [0.4, 0.5) is 0 Å². The van der Waals surface area contributed by atoms with Crippen LogP contribution in [-0.2, 0) is 0 Å². The van der Waals surface area contributed by atoms with Crippen LogP contribution in [0.15, 0.2) is 27.6 Å². The minimum Gasteiger partial charge on any atom is -0.168 e. The standard InChI is InChI=1S/C9H10BrClS2/c1-13(5-4-12-13)7-2-3-9(11)8(10)6-7/h2-3,6H,4-5H2,1H3. The number of benzene rings is 1. The normalized spacial score (nSPS) is 31.9. The van der Waals surface area contributed by atoms with Gasteiger partial charge in [0.2, 0.25) is 0 Å². The summed E-state index contributed by atoms with van der Waals surface area (Å²) < 4.78 is 1.02. The van der Waals surface area contributed by atoms with Gasteiger partial charge in [0.05, 0.1) is 5.02 Å². The SMILES string of the molecule is CS1(c2ccc(Cl)c(Br)c2)CCS1. The highest BCUT2D eigenvalue weighted by Crippen LogP contribution is 2.70. The van der Waals surface area contributed by atoms with Crippen molar-refractivity contribution in [2.45, 2.75) is 4.90 Å². The van der Waals surface area contributed by atoms with E-state index in [1.165, 1.54) is 16.4 Å². The van der Waals surface area contributed by atoms with Gasteiger partial charge in [0.1, 0.15) is 0 Å². The highest BCUT2D eigenvalue weighted by atomic mass is 79.9. The number of halogens is 2. The van der Waals surface area contributed by atoms with Gasteiger partial charge in [-0.25, -0.2) is 0 Å². The smallest absolute Gasteiger partial charge is 0.0548 e. The van der Waals surface area contributed by atoms with Gasteiger partial charge in [0.15, 0.2) is 0 Å². The molecule has 0 saturated carbocycles. The maximum Gasteiger partial charge on any atom is 0.0548 e. The molecule has 0 amide bonds. The average molecular weight is 298 g/mol. The average Bonchev–Trinajstić information content (AvgIpc) is 2.06. The van der Waals surface area contributed by atoms with Crippen LogP contribution in [0.1, 0.15) is 0 Å². The molecular formula is C9H10BrClS2. The van der Waals surface area contributed by atoms with Crippen molar-refractivity contribution in [3.05, 3.63) is 27.7 Å². The molecule has 1 fully saturated rings. The van der Waals surface area contributed by atoms with Gasteiger partial charge < -0.3 is 0 Å². The molecule has 1 saturated heterocycles. The third-order valence-corrected chi connectivity index (χ3v) is 9.94. The Morgan fingerprint density at radius 1 is 1.54 bits per heavy atom. The molecule has 2 rings (SSSR count). The molecular weight excluding hydrogens is 288 g/mol. The van der Waals surface area contributed by atoms with Gasteiger partial charge in [0.25, 0.3) is 0 Å². The lowest BCUT2D eigenvalue weighted by atomic mass is 10.4. The lowest BCUT2D eigenvalue weighted by Crippen LogP contribution is -2.12. The van der Waals surface area contributed by atoms with Crippen LogP contribution in [-0.4, -0.2) is 17.8 Å². The first-order valence-corrected chi connectivity index (χ1v) is 8.86. The molecule has 1 aromatic carbocycles. The predicted octanol–water partition coefficient (Wildman–Crippen LogP) is 4.56. The molecule has 0 bridgehead atoms. The van der Waals surface area contributed by atoms with E-state index in [0.717, 1.165) is 9.50 Å². The van der Waals surface area contributed by atoms with E-state index >= 15 is 0 Å². The van der Waals surface area contributed by atoms with E-state index in [4.69, 9.17) is 11.6 Å². The Labute approximate surface area is 97.3 Å². The van der Waals surface area contributed by atoms with Gasteiger partial charge in [0, 0.05) is 10.2 Å². The van der Waals surface area contributed by atoms with Crippen molar-refractivity contribution in [3.8, 4) is 0 Å². The van der Waals surface area contributed by atoms with Crippen molar-refractivity contribution < 1.29 is 0 Å². The molecule has 0 nitrogen and oxygen atoms in total. The number of hydrogen-bond acceptors (Lipinski definition) is 1. The maximum absolute atomic E-state index is 5.95. The molecule has 1 heterocycles. The van der Waals surface area contributed by atoms with Gasteiger partial charge in [-0.3, -0.25) is 0 Å². The zero-order chi connectivity index (χ0) is 9.47. The van der Waals surface area contributed by atoms with Crippen molar-refractivity contribution in [1.82, 2.24) is 0 Å². The minimum atomic E-state index is -0.529. The third-order valence-electron chi connectivity index (χ3n) is 2.21. The van der Waals surface area contributed by atoms with Crippen molar-refractivity contribution in [1.29, 1.82) is 0 Å². The van der Waals surface area contributed by atoms with Crippen molar-refractivity contribution >= 4 is 47.4 Å². The van der Waals surface area contributed by atoms with Gasteiger partial charge in [-0.2, -0.15) is 9.06 Å². The summed E-state index contributed by atoms with van der Waals surface area (Å²) in [5.41, 5.74) is 0. The van der Waals surface area contributed by atoms with E-state index in [9.17, 15) is 0 Å². The van der Waals surface area contributed by atoms with Gasteiger partial charge in [-0.05, 0) is 51.0 Å². The highest BCUT2D eigenvalue weighted by Gasteiger charge is 2.29. The van der Waals surface area contributed by atoms with Gasteiger partial charge in [-0.1, -0.05) is 11.6 Å². The molecule has 1 unspecified atom stereocenters. The molecule has 1 atom stereocenters. The van der Waals surface area contributed by atoms with E-state index in [-0.39, 0.29) is 0 Å². The minimum absolute atomic E-state index is 0.529. The first-order chi connectivity index (χ1) is 6.12. The predicted molar refractivity (Wildman–Crippen MR) is 68.3 cm³/mol. The van der Waals surface area contributed by atoms with Crippen LogP contribution in [0.25, 0.3) is 0 Å².